The first kappa shape index (κ1) is 23.9. The smallest absolute Gasteiger partial charge is 0.319 e. The van der Waals surface area contributed by atoms with E-state index in [1.165, 1.54) is 17.8 Å². The van der Waals surface area contributed by atoms with Gasteiger partial charge in [-0.05, 0) is 55.8 Å². The molecule has 4 aromatic rings. The van der Waals surface area contributed by atoms with Crippen molar-refractivity contribution in [3.63, 3.8) is 0 Å². The molecular formula is C24H18Cl2N4O3S. The Hall–Kier alpha value is -3.25. The van der Waals surface area contributed by atoms with Gasteiger partial charge in [0.1, 0.15) is 11.3 Å². The van der Waals surface area contributed by atoms with Crippen molar-refractivity contribution < 1.29 is 14.3 Å². The van der Waals surface area contributed by atoms with Gasteiger partial charge >= 0.3 is 5.97 Å². The topological polar surface area (TPSA) is 96.5 Å². The van der Waals surface area contributed by atoms with E-state index in [1.807, 2.05) is 41.7 Å². The molecule has 1 amide bonds. The molecule has 0 aliphatic carbocycles. The van der Waals surface area contributed by atoms with Crippen LogP contribution in [0.5, 0.6) is 0 Å². The van der Waals surface area contributed by atoms with Gasteiger partial charge in [-0.2, -0.15) is 5.26 Å². The van der Waals surface area contributed by atoms with E-state index in [0.717, 1.165) is 21.6 Å². The average molecular weight is 513 g/mol. The Morgan fingerprint density at radius 2 is 1.97 bits per heavy atom. The van der Waals surface area contributed by atoms with Gasteiger partial charge in [0.25, 0.3) is 5.91 Å². The van der Waals surface area contributed by atoms with Crippen molar-refractivity contribution in [2.75, 3.05) is 11.9 Å². The molecule has 2 aromatic carbocycles. The molecule has 0 aliphatic rings. The molecule has 0 fully saturated rings. The molecular weight excluding hydrogens is 495 g/mol. The van der Waals surface area contributed by atoms with E-state index in [2.05, 4.69) is 16.4 Å². The number of aryl methyl sites for hydroxylation is 1. The number of nitriles is 1. The number of thioether (sulfide) groups is 1. The Morgan fingerprint density at radius 3 is 2.71 bits per heavy atom. The molecule has 0 saturated heterocycles. The predicted octanol–water partition coefficient (Wildman–Crippen LogP) is 5.64. The van der Waals surface area contributed by atoms with Crippen molar-refractivity contribution in [3.05, 3.63) is 69.7 Å². The van der Waals surface area contributed by atoms with Crippen LogP contribution in [0.15, 0.2) is 53.6 Å². The van der Waals surface area contributed by atoms with Crippen molar-refractivity contribution in [1.29, 1.82) is 5.26 Å². The highest BCUT2D eigenvalue weighted by molar-refractivity contribution is 8.00. The third kappa shape index (κ3) is 4.82. The first-order chi connectivity index (χ1) is 16.3. The van der Waals surface area contributed by atoms with E-state index in [1.54, 1.807) is 19.1 Å². The normalized spacial score (nSPS) is 11.9. The molecule has 1 N–H and O–H groups in total. The number of para-hydroxylation sites is 2. The number of esters is 1. The minimum Gasteiger partial charge on any atom is -0.455 e. The fraction of sp³-hybridized carbons (Fsp3) is 0.167. The van der Waals surface area contributed by atoms with Crippen LogP contribution in [0.4, 0.5) is 5.69 Å². The molecule has 7 nitrogen and oxygen atoms in total. The van der Waals surface area contributed by atoms with Gasteiger partial charge in [0, 0.05) is 5.69 Å². The summed E-state index contributed by atoms with van der Waals surface area (Å²) in [4.78, 5) is 29.4. The second-order valence-electron chi connectivity index (χ2n) is 7.46. The van der Waals surface area contributed by atoms with Crippen LogP contribution in [0.2, 0.25) is 10.0 Å². The van der Waals surface area contributed by atoms with Crippen LogP contribution >= 0.6 is 35.0 Å². The molecule has 4 rings (SSSR count). The van der Waals surface area contributed by atoms with Gasteiger partial charge in [-0.25, -0.2) is 4.98 Å². The molecule has 0 aliphatic heterocycles. The predicted molar refractivity (Wildman–Crippen MR) is 134 cm³/mol. The van der Waals surface area contributed by atoms with E-state index in [-0.39, 0.29) is 0 Å². The molecule has 172 valence electrons. The number of hydrogen-bond acceptors (Lipinski definition) is 6. The minimum absolute atomic E-state index is 0.303. The van der Waals surface area contributed by atoms with Gasteiger partial charge in [-0.15, -0.1) is 0 Å². The van der Waals surface area contributed by atoms with E-state index in [4.69, 9.17) is 27.9 Å². The maximum absolute atomic E-state index is 12.6. The quantitative estimate of drug-likeness (QED) is 0.265. The average Bonchev–Trinajstić information content (AvgIpc) is 3.19. The molecule has 2 heterocycles. The Balaban J connectivity index is 1.49. The van der Waals surface area contributed by atoms with E-state index < -0.39 is 23.7 Å². The van der Waals surface area contributed by atoms with Crippen LogP contribution in [0.1, 0.15) is 18.1 Å². The lowest BCUT2D eigenvalue weighted by atomic mass is 10.2. The van der Waals surface area contributed by atoms with Crippen molar-refractivity contribution >= 4 is 69.2 Å². The summed E-state index contributed by atoms with van der Waals surface area (Å²) in [5.74, 6) is -1.05. The number of halogens is 2. The molecule has 10 heteroatoms. The second kappa shape index (κ2) is 9.94. The van der Waals surface area contributed by atoms with E-state index >= 15 is 0 Å². The number of imidazole rings is 1. The summed E-state index contributed by atoms with van der Waals surface area (Å²) in [6.45, 7) is 3.08. The Morgan fingerprint density at radius 1 is 1.21 bits per heavy atom. The number of aromatic nitrogens is 2. The second-order valence-corrected chi connectivity index (χ2v) is 9.63. The molecule has 0 spiro atoms. The largest absolute Gasteiger partial charge is 0.455 e. The third-order valence-corrected chi connectivity index (χ3v) is 6.86. The number of rotatable bonds is 6. The number of benzene rings is 2. The third-order valence-electron chi connectivity index (χ3n) is 5.03. The molecule has 0 saturated carbocycles. The van der Waals surface area contributed by atoms with Crippen molar-refractivity contribution in [2.45, 2.75) is 24.1 Å². The highest BCUT2D eigenvalue weighted by Gasteiger charge is 2.22. The highest BCUT2D eigenvalue weighted by atomic mass is 35.5. The summed E-state index contributed by atoms with van der Waals surface area (Å²) in [5, 5.41) is 13.0. The summed E-state index contributed by atoms with van der Waals surface area (Å²) in [5.41, 5.74) is 3.80. The molecule has 0 unspecified atom stereocenters. The zero-order valence-corrected chi connectivity index (χ0v) is 20.5. The number of carbonyl (C=O) groups excluding carboxylic acids is 2. The number of carbonyl (C=O) groups is 2. The summed E-state index contributed by atoms with van der Waals surface area (Å²) in [6.07, 6.45) is 0. The first-order valence-electron chi connectivity index (χ1n) is 10.2. The van der Waals surface area contributed by atoms with Gasteiger partial charge in [0.2, 0.25) is 0 Å². The van der Waals surface area contributed by atoms with Gasteiger partial charge in [0.15, 0.2) is 12.3 Å². The van der Waals surface area contributed by atoms with Crippen LogP contribution < -0.4 is 5.32 Å². The Kier molecular flexibility index (Phi) is 6.98. The number of hydrogen-bond donors (Lipinski definition) is 1. The summed E-state index contributed by atoms with van der Waals surface area (Å²) >= 11 is 13.1. The number of nitrogens with one attached hydrogen (secondary N) is 1. The maximum atomic E-state index is 12.6. The molecule has 0 radical (unpaired) electrons. The molecule has 2 aromatic heterocycles. The summed E-state index contributed by atoms with van der Waals surface area (Å²) in [7, 11) is 0. The summed E-state index contributed by atoms with van der Waals surface area (Å²) in [6, 6.07) is 16.3. The number of pyridine rings is 1. The SMILES string of the molecule is Cc1cc(S[C@H](C)C(=O)OCC(=O)Nc2ccc(Cl)c(Cl)c2)n2c(nc3ccccc32)c1C#N. The fourth-order valence-corrected chi connectivity index (χ4v) is 4.75. The van der Waals surface area contributed by atoms with Crippen LogP contribution in [-0.4, -0.2) is 33.1 Å². The number of anilines is 1. The standard InChI is InChI=1S/C24H18Cl2N4O3S/c1-13-9-22(30-20-6-4-3-5-19(20)29-23(30)16(13)11-27)34-14(2)24(32)33-12-21(31)28-15-7-8-17(25)18(26)10-15/h3-10,14H,12H2,1-2H3,(H,28,31)/t14-/m1/s1. The van der Waals surface area contributed by atoms with Gasteiger partial charge < -0.3 is 10.1 Å². The molecule has 34 heavy (non-hydrogen) atoms. The monoisotopic (exact) mass is 512 g/mol. The van der Waals surface area contributed by atoms with Gasteiger partial charge in [-0.3, -0.25) is 14.0 Å². The molecule has 0 bridgehead atoms. The Bertz CT molecular complexity index is 1480. The number of nitrogens with zero attached hydrogens (tertiary/aromatic N) is 3. The van der Waals surface area contributed by atoms with Crippen LogP contribution in [0.25, 0.3) is 16.7 Å². The number of fused-ring (bicyclic) bond motifs is 3. The van der Waals surface area contributed by atoms with Crippen molar-refractivity contribution in [3.8, 4) is 6.07 Å². The van der Waals surface area contributed by atoms with Crippen LogP contribution in [0, 0.1) is 18.3 Å². The number of ether oxygens (including phenoxy) is 1. The van der Waals surface area contributed by atoms with E-state index in [9.17, 15) is 14.9 Å². The minimum atomic E-state index is -0.616. The lowest BCUT2D eigenvalue weighted by molar-refractivity contribution is -0.146. The highest BCUT2D eigenvalue weighted by Crippen LogP contribution is 2.32. The Labute approximate surface area is 209 Å². The van der Waals surface area contributed by atoms with E-state index in [0.29, 0.717) is 26.9 Å². The van der Waals surface area contributed by atoms with Gasteiger partial charge in [-0.1, -0.05) is 47.1 Å². The molecule has 1 atom stereocenters. The summed E-state index contributed by atoms with van der Waals surface area (Å²) < 4.78 is 7.08. The lowest BCUT2D eigenvalue weighted by Crippen LogP contribution is -2.25. The van der Waals surface area contributed by atoms with Crippen molar-refractivity contribution in [1.82, 2.24) is 9.38 Å². The zero-order chi connectivity index (χ0) is 24.4. The van der Waals surface area contributed by atoms with Crippen molar-refractivity contribution in [2.24, 2.45) is 0 Å². The fourth-order valence-electron chi connectivity index (χ4n) is 3.39. The lowest BCUT2D eigenvalue weighted by Gasteiger charge is -2.14. The van der Waals surface area contributed by atoms with Gasteiger partial charge in [0.05, 0.1) is 31.7 Å². The van der Waals surface area contributed by atoms with Crippen LogP contribution in [0.3, 0.4) is 0 Å². The maximum Gasteiger partial charge on any atom is 0.319 e. The first-order valence-corrected chi connectivity index (χ1v) is 11.8. The number of amides is 1. The zero-order valence-electron chi connectivity index (χ0n) is 18.1. The van der Waals surface area contributed by atoms with Crippen LogP contribution in [-0.2, 0) is 14.3 Å².